The molecule has 1 aromatic rings. The molecule has 0 spiro atoms. The van der Waals surface area contributed by atoms with Gasteiger partial charge in [0, 0.05) is 0 Å². The summed E-state index contributed by atoms with van der Waals surface area (Å²) < 4.78 is 59.2. The zero-order valence-electron chi connectivity index (χ0n) is 8.70. The van der Waals surface area contributed by atoms with Crippen LogP contribution in [0.2, 0.25) is 0 Å². The Hall–Kier alpha value is -2.05. The van der Waals surface area contributed by atoms with Crippen molar-refractivity contribution in [1.82, 2.24) is 0 Å². The highest BCUT2D eigenvalue weighted by atomic mass is 19.3. The molecule has 1 aromatic carbocycles. The van der Waals surface area contributed by atoms with E-state index in [9.17, 15) is 22.4 Å². The van der Waals surface area contributed by atoms with E-state index in [-0.39, 0.29) is 0 Å². The van der Waals surface area contributed by atoms with Crippen LogP contribution in [0.4, 0.5) is 17.6 Å². The van der Waals surface area contributed by atoms with Crippen LogP contribution in [-0.4, -0.2) is 18.5 Å². The fourth-order valence-corrected chi connectivity index (χ4v) is 1.34. The molecule has 0 atom stereocenters. The molecular weight excluding hydrogens is 256 g/mol. The molecule has 0 radical (unpaired) electrons. The van der Waals surface area contributed by atoms with Crippen LogP contribution in [0.5, 0.6) is 11.5 Å². The number of rotatable bonds is 2. The molecule has 0 unspecified atom stereocenters. The van der Waals surface area contributed by atoms with Gasteiger partial charge in [0.25, 0.3) is 0 Å². The van der Waals surface area contributed by atoms with Crippen LogP contribution >= 0.6 is 0 Å². The van der Waals surface area contributed by atoms with Crippen LogP contribution in [0.3, 0.4) is 0 Å². The van der Waals surface area contributed by atoms with E-state index < -0.39 is 23.7 Å². The Bertz CT molecular complexity index is 511. The molecule has 0 aliphatic carbocycles. The first-order valence-electron chi connectivity index (χ1n) is 4.75. The smallest absolute Gasteiger partial charge is 0.421 e. The Kier molecular flexibility index (Phi) is 2.76. The quantitative estimate of drug-likeness (QED) is 0.467. The molecule has 2 rings (SSSR count). The van der Waals surface area contributed by atoms with Crippen LogP contribution in [0.25, 0.3) is 6.08 Å². The Labute approximate surface area is 98.6 Å². The number of benzene rings is 1. The van der Waals surface area contributed by atoms with Crippen molar-refractivity contribution in [3.63, 3.8) is 0 Å². The maximum Gasteiger partial charge on any atom is 0.507 e. The maximum absolute atomic E-state index is 12.9. The van der Waals surface area contributed by atoms with Crippen molar-refractivity contribution in [2.45, 2.75) is 12.2 Å². The summed E-state index contributed by atoms with van der Waals surface area (Å²) in [5, 5.41) is 0. The maximum atomic E-state index is 12.9. The second-order valence-electron chi connectivity index (χ2n) is 3.44. The summed E-state index contributed by atoms with van der Waals surface area (Å²) >= 11 is 0. The summed E-state index contributed by atoms with van der Waals surface area (Å²) in [6.07, 6.45) is -6.55. The van der Waals surface area contributed by atoms with Gasteiger partial charge in [0.15, 0.2) is 11.5 Å². The summed E-state index contributed by atoms with van der Waals surface area (Å²) in [6.45, 7) is 0. The van der Waals surface area contributed by atoms with Crippen LogP contribution in [0, 0.1) is 0 Å². The second-order valence-corrected chi connectivity index (χ2v) is 3.44. The minimum absolute atomic E-state index is 0.338. The van der Waals surface area contributed by atoms with Crippen LogP contribution < -0.4 is 9.47 Å². The van der Waals surface area contributed by atoms with Gasteiger partial charge in [0.2, 0.25) is 0 Å². The van der Waals surface area contributed by atoms with E-state index in [4.69, 9.17) is 0 Å². The molecule has 96 valence electrons. The van der Waals surface area contributed by atoms with Crippen molar-refractivity contribution >= 4 is 12.4 Å². The molecule has 0 aromatic heterocycles. The first-order valence-corrected chi connectivity index (χ1v) is 4.75. The van der Waals surface area contributed by atoms with Crippen molar-refractivity contribution in [3.8, 4) is 11.5 Å². The predicted molar refractivity (Wildman–Crippen MR) is 52.7 cm³/mol. The van der Waals surface area contributed by atoms with E-state index in [1.165, 1.54) is 12.1 Å². The van der Waals surface area contributed by atoms with Crippen LogP contribution in [-0.2, 0) is 4.79 Å². The number of aldehydes is 1. The normalized spacial score (nSPS) is 19.8. The Balaban J connectivity index is 2.39. The van der Waals surface area contributed by atoms with Gasteiger partial charge in [-0.3, -0.25) is 4.79 Å². The minimum atomic E-state index is -4.74. The number of alkyl halides is 4. The van der Waals surface area contributed by atoms with Crippen molar-refractivity contribution in [3.05, 3.63) is 29.8 Å². The molecule has 0 amide bonds. The van der Waals surface area contributed by atoms with E-state index in [0.29, 0.717) is 11.8 Å². The van der Waals surface area contributed by atoms with Gasteiger partial charge in [0.1, 0.15) is 6.29 Å². The monoisotopic (exact) mass is 262 g/mol. The average Bonchev–Trinajstić information content (AvgIpc) is 2.27. The number of carbonyl (C=O) groups excluding carboxylic acids is 1. The largest absolute Gasteiger partial charge is 0.507 e. The van der Waals surface area contributed by atoms with Crippen molar-refractivity contribution < 1.29 is 31.8 Å². The lowest BCUT2D eigenvalue weighted by Crippen LogP contribution is -2.52. The molecule has 0 saturated carbocycles. The van der Waals surface area contributed by atoms with Crippen LogP contribution in [0.15, 0.2) is 24.3 Å². The van der Waals surface area contributed by atoms with E-state index in [1.807, 2.05) is 0 Å². The number of carbonyl (C=O) groups is 1. The first kappa shape index (κ1) is 12.4. The number of halogens is 4. The average molecular weight is 262 g/mol. The molecule has 0 N–H and O–H groups in total. The summed E-state index contributed by atoms with van der Waals surface area (Å²) in [5.74, 6) is -1.01. The zero-order chi connectivity index (χ0) is 13.4. The highest BCUT2D eigenvalue weighted by molar-refractivity contribution is 5.74. The SMILES string of the molecule is O=C/C=C/c1ccc2c(c1)OC(F)(F)C(F)(F)O2. The summed E-state index contributed by atoms with van der Waals surface area (Å²) in [5.41, 5.74) is 0.338. The third-order valence-corrected chi connectivity index (χ3v) is 2.15. The van der Waals surface area contributed by atoms with Gasteiger partial charge in [-0.2, -0.15) is 17.6 Å². The third-order valence-electron chi connectivity index (χ3n) is 2.15. The molecular formula is C11H6F4O3. The zero-order valence-corrected chi connectivity index (χ0v) is 8.70. The third kappa shape index (κ3) is 2.03. The van der Waals surface area contributed by atoms with Gasteiger partial charge in [0.05, 0.1) is 0 Å². The summed E-state index contributed by atoms with van der Waals surface area (Å²) in [6, 6.07) is 3.45. The lowest BCUT2D eigenvalue weighted by molar-refractivity contribution is -0.391. The molecule has 7 heteroatoms. The van der Waals surface area contributed by atoms with Crippen LogP contribution in [0.1, 0.15) is 5.56 Å². The molecule has 0 bridgehead atoms. The van der Waals surface area contributed by atoms with Gasteiger partial charge in [-0.1, -0.05) is 12.1 Å². The molecule has 3 nitrogen and oxygen atoms in total. The van der Waals surface area contributed by atoms with E-state index >= 15 is 0 Å². The number of ether oxygens (including phenoxy) is 2. The summed E-state index contributed by atoms with van der Waals surface area (Å²) in [4.78, 5) is 10.1. The molecule has 1 aliphatic heterocycles. The van der Waals surface area contributed by atoms with Gasteiger partial charge in [-0.15, -0.1) is 0 Å². The Morgan fingerprint density at radius 3 is 2.22 bits per heavy atom. The van der Waals surface area contributed by atoms with Gasteiger partial charge < -0.3 is 9.47 Å². The van der Waals surface area contributed by atoms with E-state index in [0.717, 1.165) is 18.2 Å². The standard InChI is InChI=1S/C11H6F4O3/c12-10(13)11(14,15)18-9-6-7(2-1-5-16)3-4-8(9)17-10/h1-6H/b2-1+. The van der Waals surface area contributed by atoms with Gasteiger partial charge >= 0.3 is 12.2 Å². The number of allylic oxidation sites excluding steroid dienone is 1. The van der Waals surface area contributed by atoms with Gasteiger partial charge in [-0.05, 0) is 23.8 Å². The van der Waals surface area contributed by atoms with Crippen molar-refractivity contribution in [2.24, 2.45) is 0 Å². The fraction of sp³-hybridized carbons (Fsp3) is 0.182. The number of fused-ring (bicyclic) bond motifs is 1. The topological polar surface area (TPSA) is 35.5 Å². The summed E-state index contributed by atoms with van der Waals surface area (Å²) in [7, 11) is 0. The van der Waals surface area contributed by atoms with E-state index in [2.05, 4.69) is 9.47 Å². The van der Waals surface area contributed by atoms with Crippen molar-refractivity contribution in [2.75, 3.05) is 0 Å². The highest BCUT2D eigenvalue weighted by Gasteiger charge is 2.65. The molecule has 18 heavy (non-hydrogen) atoms. The molecule has 0 saturated heterocycles. The Morgan fingerprint density at radius 2 is 1.61 bits per heavy atom. The van der Waals surface area contributed by atoms with Gasteiger partial charge in [-0.25, -0.2) is 0 Å². The molecule has 0 fully saturated rings. The second kappa shape index (κ2) is 4.01. The predicted octanol–water partition coefficient (Wildman–Crippen LogP) is 2.86. The Morgan fingerprint density at radius 1 is 1.00 bits per heavy atom. The number of hydrogen-bond donors (Lipinski definition) is 0. The fourth-order valence-electron chi connectivity index (χ4n) is 1.34. The lowest BCUT2D eigenvalue weighted by Gasteiger charge is -2.31. The number of hydrogen-bond acceptors (Lipinski definition) is 3. The molecule has 1 heterocycles. The highest BCUT2D eigenvalue weighted by Crippen LogP contribution is 2.47. The van der Waals surface area contributed by atoms with E-state index in [1.54, 1.807) is 0 Å². The minimum Gasteiger partial charge on any atom is -0.421 e. The van der Waals surface area contributed by atoms with Crippen molar-refractivity contribution in [1.29, 1.82) is 0 Å². The lowest BCUT2D eigenvalue weighted by atomic mass is 10.2. The molecule has 1 aliphatic rings. The first-order chi connectivity index (χ1) is 8.36.